The number of carbonyl (C=O) groups excluding carboxylic acids is 1. The summed E-state index contributed by atoms with van der Waals surface area (Å²) in [4.78, 5) is 14.6. The Bertz CT molecular complexity index is 833. The number of nitrogens with zero attached hydrogens (tertiary/aromatic N) is 1. The zero-order chi connectivity index (χ0) is 19.8. The van der Waals surface area contributed by atoms with Gasteiger partial charge in [-0.15, -0.1) is 0 Å². The highest BCUT2D eigenvalue weighted by Crippen LogP contribution is 2.36. The first-order valence-corrected chi connectivity index (χ1v) is 9.13. The van der Waals surface area contributed by atoms with Crippen LogP contribution in [-0.4, -0.2) is 38.3 Å². The lowest BCUT2D eigenvalue weighted by Gasteiger charge is -2.32. The fraction of sp³-hybridized carbons (Fsp3) is 0.381. The molecule has 1 aliphatic heterocycles. The van der Waals surface area contributed by atoms with Gasteiger partial charge in [-0.05, 0) is 63.5 Å². The highest BCUT2D eigenvalue weighted by molar-refractivity contribution is 6.62. The van der Waals surface area contributed by atoms with Crippen molar-refractivity contribution in [1.29, 1.82) is 0 Å². The first-order chi connectivity index (χ1) is 12.6. The Balaban J connectivity index is 1.77. The van der Waals surface area contributed by atoms with Crippen molar-refractivity contribution in [2.45, 2.75) is 38.9 Å². The topological polar surface area (TPSA) is 50.8 Å². The molecule has 1 heterocycles. The minimum atomic E-state index is -0.455. The van der Waals surface area contributed by atoms with E-state index in [1.54, 1.807) is 6.07 Å². The quantitative estimate of drug-likeness (QED) is 0.844. The molecule has 5 nitrogen and oxygen atoms in total. The SMILES string of the molecule is CN(C)c1cccc(C(=O)Nc2cccc(B3OC(C)(C)C(C)(C)O3)c2)c1. The molecule has 1 N–H and O–H groups in total. The predicted octanol–water partition coefficient (Wildman–Crippen LogP) is 3.30. The summed E-state index contributed by atoms with van der Waals surface area (Å²) in [7, 11) is 3.44. The number of anilines is 2. The molecule has 27 heavy (non-hydrogen) atoms. The summed E-state index contributed by atoms with van der Waals surface area (Å²) in [5.74, 6) is -0.148. The van der Waals surface area contributed by atoms with Crippen LogP contribution < -0.4 is 15.7 Å². The number of carbonyl (C=O) groups is 1. The van der Waals surface area contributed by atoms with Crippen LogP contribution in [0.1, 0.15) is 38.1 Å². The lowest BCUT2D eigenvalue weighted by molar-refractivity contribution is 0.00578. The highest BCUT2D eigenvalue weighted by Gasteiger charge is 2.51. The number of hydrogen-bond acceptors (Lipinski definition) is 4. The van der Waals surface area contributed by atoms with Gasteiger partial charge >= 0.3 is 7.12 Å². The first kappa shape index (κ1) is 19.5. The molecular weight excluding hydrogens is 339 g/mol. The second kappa shape index (κ2) is 7.02. The molecule has 0 spiro atoms. The van der Waals surface area contributed by atoms with Crippen LogP contribution >= 0.6 is 0 Å². The molecule has 2 aromatic rings. The fourth-order valence-electron chi connectivity index (χ4n) is 2.87. The molecule has 0 aliphatic carbocycles. The molecule has 3 rings (SSSR count). The van der Waals surface area contributed by atoms with E-state index in [-0.39, 0.29) is 5.91 Å². The third kappa shape index (κ3) is 4.02. The summed E-state index contributed by atoms with van der Waals surface area (Å²) >= 11 is 0. The maximum absolute atomic E-state index is 12.6. The van der Waals surface area contributed by atoms with Crippen LogP contribution in [0.2, 0.25) is 0 Å². The van der Waals surface area contributed by atoms with E-state index >= 15 is 0 Å². The number of rotatable bonds is 4. The molecule has 1 saturated heterocycles. The average molecular weight is 366 g/mol. The Morgan fingerprint density at radius 2 is 1.59 bits per heavy atom. The molecule has 0 radical (unpaired) electrons. The lowest BCUT2D eigenvalue weighted by atomic mass is 9.79. The third-order valence-corrected chi connectivity index (χ3v) is 5.29. The molecule has 0 aromatic heterocycles. The van der Waals surface area contributed by atoms with Crippen LogP contribution in [0.4, 0.5) is 11.4 Å². The first-order valence-electron chi connectivity index (χ1n) is 9.13. The molecule has 142 valence electrons. The zero-order valence-electron chi connectivity index (χ0n) is 16.9. The minimum absolute atomic E-state index is 0.148. The third-order valence-electron chi connectivity index (χ3n) is 5.29. The normalized spacial score (nSPS) is 17.6. The second-order valence-corrected chi connectivity index (χ2v) is 8.11. The maximum atomic E-state index is 12.6. The maximum Gasteiger partial charge on any atom is 0.494 e. The Morgan fingerprint density at radius 1 is 0.963 bits per heavy atom. The van der Waals surface area contributed by atoms with Gasteiger partial charge in [-0.2, -0.15) is 0 Å². The van der Waals surface area contributed by atoms with Crippen molar-refractivity contribution in [1.82, 2.24) is 0 Å². The smallest absolute Gasteiger partial charge is 0.399 e. The van der Waals surface area contributed by atoms with E-state index in [1.807, 2.05) is 89.2 Å². The molecule has 1 aliphatic rings. The standard InChI is InChI=1S/C21H27BN2O3/c1-20(2)21(3,4)27-22(26-20)16-10-8-11-17(14-16)23-19(25)15-9-7-12-18(13-15)24(5)6/h7-14H,1-6H3,(H,23,25). The van der Waals surface area contributed by atoms with E-state index in [2.05, 4.69) is 5.32 Å². The van der Waals surface area contributed by atoms with Crippen molar-refractivity contribution in [2.75, 3.05) is 24.3 Å². The van der Waals surface area contributed by atoms with E-state index in [0.717, 1.165) is 11.2 Å². The minimum Gasteiger partial charge on any atom is -0.399 e. The summed E-state index contributed by atoms with van der Waals surface area (Å²) in [5, 5.41) is 2.96. The molecular formula is C21H27BN2O3. The summed E-state index contributed by atoms with van der Waals surface area (Å²) in [6.45, 7) is 8.10. The van der Waals surface area contributed by atoms with Crippen molar-refractivity contribution in [3.63, 3.8) is 0 Å². The number of benzene rings is 2. The molecule has 0 atom stereocenters. The van der Waals surface area contributed by atoms with Gasteiger partial charge in [0.25, 0.3) is 5.91 Å². The van der Waals surface area contributed by atoms with Gasteiger partial charge in [-0.3, -0.25) is 4.79 Å². The lowest BCUT2D eigenvalue weighted by Crippen LogP contribution is -2.41. The average Bonchev–Trinajstić information content (AvgIpc) is 2.83. The number of nitrogens with one attached hydrogen (secondary N) is 1. The molecule has 1 amide bonds. The van der Waals surface area contributed by atoms with E-state index in [1.165, 1.54) is 0 Å². The Hall–Kier alpha value is -2.31. The van der Waals surface area contributed by atoms with Gasteiger partial charge in [-0.1, -0.05) is 18.2 Å². The van der Waals surface area contributed by atoms with E-state index in [4.69, 9.17) is 9.31 Å². The van der Waals surface area contributed by atoms with Gasteiger partial charge in [-0.25, -0.2) is 0 Å². The van der Waals surface area contributed by atoms with E-state index in [9.17, 15) is 4.79 Å². The van der Waals surface area contributed by atoms with Crippen LogP contribution in [-0.2, 0) is 9.31 Å². The Morgan fingerprint density at radius 3 is 2.22 bits per heavy atom. The van der Waals surface area contributed by atoms with Gasteiger partial charge in [0.2, 0.25) is 0 Å². The van der Waals surface area contributed by atoms with Crippen molar-refractivity contribution < 1.29 is 14.1 Å². The van der Waals surface area contributed by atoms with Crippen molar-refractivity contribution in [3.8, 4) is 0 Å². The van der Waals surface area contributed by atoms with Gasteiger partial charge < -0.3 is 19.5 Å². The summed E-state index contributed by atoms with van der Waals surface area (Å²) in [6, 6.07) is 15.1. The van der Waals surface area contributed by atoms with Crippen molar-refractivity contribution in [2.24, 2.45) is 0 Å². The monoisotopic (exact) mass is 366 g/mol. The molecule has 2 aromatic carbocycles. The zero-order valence-corrected chi connectivity index (χ0v) is 16.9. The fourth-order valence-corrected chi connectivity index (χ4v) is 2.87. The molecule has 1 fully saturated rings. The largest absolute Gasteiger partial charge is 0.494 e. The van der Waals surface area contributed by atoms with Crippen LogP contribution in [0.15, 0.2) is 48.5 Å². The van der Waals surface area contributed by atoms with Crippen molar-refractivity contribution >= 4 is 29.9 Å². The highest BCUT2D eigenvalue weighted by atomic mass is 16.7. The Labute approximate surface area is 161 Å². The van der Waals surface area contributed by atoms with Crippen LogP contribution in [0.3, 0.4) is 0 Å². The number of amides is 1. The molecule has 0 bridgehead atoms. The predicted molar refractivity (Wildman–Crippen MR) is 111 cm³/mol. The van der Waals surface area contributed by atoms with Gasteiger partial charge in [0.1, 0.15) is 0 Å². The summed E-state index contributed by atoms with van der Waals surface area (Å²) in [6.07, 6.45) is 0. The van der Waals surface area contributed by atoms with Crippen LogP contribution in [0.5, 0.6) is 0 Å². The molecule has 6 heteroatoms. The summed E-state index contributed by atoms with van der Waals surface area (Å²) < 4.78 is 12.2. The molecule has 0 saturated carbocycles. The second-order valence-electron chi connectivity index (χ2n) is 8.11. The Kier molecular flexibility index (Phi) is 5.06. The van der Waals surface area contributed by atoms with Crippen LogP contribution in [0, 0.1) is 0 Å². The van der Waals surface area contributed by atoms with E-state index < -0.39 is 18.3 Å². The van der Waals surface area contributed by atoms with Crippen LogP contribution in [0.25, 0.3) is 0 Å². The van der Waals surface area contributed by atoms with Crippen molar-refractivity contribution in [3.05, 3.63) is 54.1 Å². The molecule has 0 unspecified atom stereocenters. The van der Waals surface area contributed by atoms with Gasteiger partial charge in [0, 0.05) is 31.0 Å². The van der Waals surface area contributed by atoms with Gasteiger partial charge in [0.15, 0.2) is 0 Å². The summed E-state index contributed by atoms with van der Waals surface area (Å²) in [5.41, 5.74) is 2.39. The van der Waals surface area contributed by atoms with E-state index in [0.29, 0.717) is 11.3 Å². The van der Waals surface area contributed by atoms with Gasteiger partial charge in [0.05, 0.1) is 11.2 Å². The number of hydrogen-bond donors (Lipinski definition) is 1.